The van der Waals surface area contributed by atoms with Gasteiger partial charge in [-0.3, -0.25) is 9.69 Å². The van der Waals surface area contributed by atoms with Crippen LogP contribution in [0.1, 0.15) is 60.9 Å². The van der Waals surface area contributed by atoms with Gasteiger partial charge in [-0.1, -0.05) is 33.2 Å². The largest absolute Gasteiger partial charge is 0.394 e. The van der Waals surface area contributed by atoms with Crippen molar-refractivity contribution in [3.8, 4) is 0 Å². The van der Waals surface area contributed by atoms with E-state index in [0.717, 1.165) is 72.8 Å². The number of benzene rings is 1. The van der Waals surface area contributed by atoms with Crippen LogP contribution in [0.5, 0.6) is 0 Å². The van der Waals surface area contributed by atoms with Crippen molar-refractivity contribution >= 4 is 27.7 Å². The highest BCUT2D eigenvalue weighted by Gasteiger charge is 2.41. The van der Waals surface area contributed by atoms with Gasteiger partial charge in [0.15, 0.2) is 5.84 Å². The molecule has 0 N–H and O–H groups in total. The smallest absolute Gasteiger partial charge is 0.257 e. The van der Waals surface area contributed by atoms with Crippen molar-refractivity contribution in [2.45, 2.75) is 59.0 Å². The second kappa shape index (κ2) is 11.3. The van der Waals surface area contributed by atoms with Crippen molar-refractivity contribution in [3.63, 3.8) is 0 Å². The molecule has 0 aliphatic carbocycles. The number of carbonyl (C=O) groups is 1. The normalized spacial score (nSPS) is 20.9. The molecule has 1 aromatic heterocycles. The van der Waals surface area contributed by atoms with Crippen LogP contribution < -0.4 is 0 Å². The lowest BCUT2D eigenvalue weighted by atomic mass is 9.86. The molecule has 9 heteroatoms. The first-order valence-corrected chi connectivity index (χ1v) is 13.6. The molecule has 0 radical (unpaired) electrons. The third-order valence-corrected chi connectivity index (χ3v) is 8.14. The summed E-state index contributed by atoms with van der Waals surface area (Å²) in [6.07, 6.45) is 3.42. The maximum Gasteiger partial charge on any atom is 0.257 e. The number of carbonyl (C=O) groups excluding carboxylic acids is 1. The average molecular weight is 558 g/mol. The zero-order chi connectivity index (χ0) is 25.9. The summed E-state index contributed by atoms with van der Waals surface area (Å²) in [7, 11) is 0. The summed E-state index contributed by atoms with van der Waals surface area (Å²) in [6, 6.07) is 8.52. The molecule has 1 atom stereocenters. The quantitative estimate of drug-likeness (QED) is 0.311. The first-order chi connectivity index (χ1) is 17.2. The molecule has 2 fully saturated rings. The van der Waals surface area contributed by atoms with E-state index in [9.17, 15) is 4.79 Å². The number of nitrogens with zero attached hydrogens (tertiary/aromatic N) is 6. The zero-order valence-electron chi connectivity index (χ0n) is 22.0. The summed E-state index contributed by atoms with van der Waals surface area (Å²) in [4.78, 5) is 34.2. The molecule has 2 saturated heterocycles. The lowest BCUT2D eigenvalue weighted by molar-refractivity contribution is -0.00189. The number of rotatable bonds is 5. The Morgan fingerprint density at radius 1 is 1.11 bits per heavy atom. The number of amides is 1. The summed E-state index contributed by atoms with van der Waals surface area (Å²) < 4.78 is 1.04. The van der Waals surface area contributed by atoms with E-state index in [4.69, 9.17) is 4.84 Å². The van der Waals surface area contributed by atoms with Crippen molar-refractivity contribution in [2.75, 3.05) is 39.3 Å². The highest BCUT2D eigenvalue weighted by molar-refractivity contribution is 9.10. The first kappa shape index (κ1) is 26.5. The Hall–Kier alpha value is -2.52. The fourth-order valence-corrected chi connectivity index (χ4v) is 5.59. The third-order valence-electron chi connectivity index (χ3n) is 7.61. The molecule has 8 nitrogen and oxygen atoms in total. The van der Waals surface area contributed by atoms with Crippen LogP contribution >= 0.6 is 15.9 Å². The van der Waals surface area contributed by atoms with E-state index in [1.807, 2.05) is 37.8 Å². The fourth-order valence-electron chi connectivity index (χ4n) is 5.33. The van der Waals surface area contributed by atoms with Crippen molar-refractivity contribution in [1.29, 1.82) is 0 Å². The Morgan fingerprint density at radius 2 is 1.75 bits per heavy atom. The van der Waals surface area contributed by atoms with Crippen molar-refractivity contribution in [1.82, 2.24) is 24.7 Å². The Labute approximate surface area is 222 Å². The second-order valence-electron chi connectivity index (χ2n) is 10.0. The van der Waals surface area contributed by atoms with Crippen LogP contribution in [0.2, 0.25) is 0 Å². The highest BCUT2D eigenvalue weighted by Crippen LogP contribution is 2.32. The third kappa shape index (κ3) is 5.57. The van der Waals surface area contributed by atoms with Gasteiger partial charge in [0.2, 0.25) is 0 Å². The van der Waals surface area contributed by atoms with Crippen LogP contribution in [0.3, 0.4) is 0 Å². The zero-order valence-corrected chi connectivity index (χ0v) is 23.6. The van der Waals surface area contributed by atoms with E-state index in [1.165, 1.54) is 6.33 Å². The van der Waals surface area contributed by atoms with E-state index in [2.05, 4.69) is 66.8 Å². The molecule has 0 saturated carbocycles. The minimum absolute atomic E-state index is 0.0529. The minimum atomic E-state index is 0.0529. The van der Waals surface area contributed by atoms with Crippen LogP contribution in [0.25, 0.3) is 0 Å². The predicted octanol–water partition coefficient (Wildman–Crippen LogP) is 4.26. The lowest BCUT2D eigenvalue weighted by Gasteiger charge is -2.52. The van der Waals surface area contributed by atoms with Gasteiger partial charge in [-0.25, -0.2) is 9.97 Å². The van der Waals surface area contributed by atoms with Crippen LogP contribution in [-0.2, 0) is 4.84 Å². The molecule has 0 spiro atoms. The Kier molecular flexibility index (Phi) is 8.30. The number of oxime groups is 1. The summed E-state index contributed by atoms with van der Waals surface area (Å²) >= 11 is 3.52. The van der Waals surface area contributed by atoms with E-state index in [1.54, 1.807) is 0 Å². The number of aryl methyl sites for hydroxylation is 2. The molecule has 0 unspecified atom stereocenters. The summed E-state index contributed by atoms with van der Waals surface area (Å²) in [6.45, 7) is 15.1. The minimum Gasteiger partial charge on any atom is -0.394 e. The highest BCUT2D eigenvalue weighted by atomic mass is 79.9. The number of likely N-dealkylation sites (tertiary alicyclic amines) is 1. The molecule has 4 rings (SSSR count). The first-order valence-electron chi connectivity index (χ1n) is 12.8. The van der Waals surface area contributed by atoms with Gasteiger partial charge in [0.1, 0.15) is 12.9 Å². The van der Waals surface area contributed by atoms with Crippen molar-refractivity contribution in [2.24, 2.45) is 5.16 Å². The van der Waals surface area contributed by atoms with E-state index in [-0.39, 0.29) is 17.5 Å². The van der Waals surface area contributed by atoms with Gasteiger partial charge in [-0.15, -0.1) is 0 Å². The monoisotopic (exact) mass is 556 g/mol. The maximum absolute atomic E-state index is 13.2. The fraction of sp³-hybridized carbons (Fsp3) is 0.556. The Bertz CT molecular complexity index is 1080. The number of hydrogen-bond acceptors (Lipinski definition) is 6. The van der Waals surface area contributed by atoms with Crippen LogP contribution in [-0.4, -0.2) is 87.3 Å². The molecule has 194 valence electrons. The number of piperazine rings is 1. The van der Waals surface area contributed by atoms with Gasteiger partial charge < -0.3 is 14.6 Å². The van der Waals surface area contributed by atoms with Gasteiger partial charge in [0.25, 0.3) is 5.91 Å². The van der Waals surface area contributed by atoms with Crippen molar-refractivity contribution in [3.05, 3.63) is 57.6 Å². The molecule has 2 aromatic rings. The number of piperidine rings is 1. The van der Waals surface area contributed by atoms with E-state index in [0.29, 0.717) is 12.2 Å². The molecule has 36 heavy (non-hydrogen) atoms. The molecular weight excluding hydrogens is 520 g/mol. The number of amidine groups is 1. The molecule has 2 aliphatic rings. The number of hydrogen-bond donors (Lipinski definition) is 0. The standard InChI is InChI=1S/C27H37BrN6O2/c1-6-36-31-25(22-7-9-23(28)10-8-22)34-16-15-33(17-19(34)2)27(5)11-13-32(14-12-27)26(35)24-20(3)29-18-30-21(24)4/h7-10,18-19H,6,11-17H2,1-5H3/b31-25+/t19-/m0/s1. The predicted molar refractivity (Wildman–Crippen MR) is 145 cm³/mol. The van der Waals surface area contributed by atoms with E-state index < -0.39 is 0 Å². The van der Waals surface area contributed by atoms with Gasteiger partial charge in [0.05, 0.1) is 17.0 Å². The van der Waals surface area contributed by atoms with Crippen LogP contribution in [0, 0.1) is 13.8 Å². The molecule has 2 aliphatic heterocycles. The Morgan fingerprint density at radius 3 is 2.33 bits per heavy atom. The van der Waals surface area contributed by atoms with Crippen LogP contribution in [0.15, 0.2) is 40.2 Å². The van der Waals surface area contributed by atoms with Gasteiger partial charge in [-0.2, -0.15) is 0 Å². The second-order valence-corrected chi connectivity index (χ2v) is 11.0. The number of aromatic nitrogens is 2. The lowest BCUT2D eigenvalue weighted by Crippen LogP contribution is -2.63. The molecular formula is C27H37BrN6O2. The average Bonchev–Trinajstić information content (AvgIpc) is 2.86. The molecule has 1 aromatic carbocycles. The Balaban J connectivity index is 1.42. The maximum atomic E-state index is 13.2. The summed E-state index contributed by atoms with van der Waals surface area (Å²) in [5.41, 5.74) is 3.27. The van der Waals surface area contributed by atoms with E-state index >= 15 is 0 Å². The molecule has 3 heterocycles. The molecule has 0 bridgehead atoms. The SMILES string of the molecule is CCO/N=C(\c1ccc(Br)cc1)N1CCN(C2(C)CCN(C(=O)c3c(C)ncnc3C)CC2)C[C@@H]1C. The van der Waals surface area contributed by atoms with Crippen LogP contribution in [0.4, 0.5) is 0 Å². The summed E-state index contributed by atoms with van der Waals surface area (Å²) in [5.74, 6) is 0.940. The summed E-state index contributed by atoms with van der Waals surface area (Å²) in [5, 5.41) is 4.50. The molecule has 1 amide bonds. The number of halogens is 1. The van der Waals surface area contributed by atoms with Gasteiger partial charge in [-0.05, 0) is 59.6 Å². The van der Waals surface area contributed by atoms with Crippen molar-refractivity contribution < 1.29 is 9.63 Å². The van der Waals surface area contributed by atoms with Gasteiger partial charge in [0, 0.05) is 54.3 Å². The van der Waals surface area contributed by atoms with Gasteiger partial charge >= 0.3 is 0 Å². The topological polar surface area (TPSA) is 74.2 Å².